The molecule has 0 spiro atoms. The number of hydrogen-bond acceptors (Lipinski definition) is 4. The fourth-order valence-corrected chi connectivity index (χ4v) is 2.66. The van der Waals surface area contributed by atoms with Crippen molar-refractivity contribution in [1.29, 1.82) is 0 Å². The van der Waals surface area contributed by atoms with Gasteiger partial charge >= 0.3 is 0 Å². The normalized spacial score (nSPS) is 36.4. The minimum atomic E-state index is 0.00505. The molecule has 0 saturated carbocycles. The highest BCUT2D eigenvalue weighted by molar-refractivity contribution is 5.82. The molecule has 3 N–H and O–H groups in total. The van der Waals surface area contributed by atoms with E-state index in [4.69, 9.17) is 10.5 Å². The number of nitrogens with two attached hydrogens (primary N) is 1. The van der Waals surface area contributed by atoms with Crippen molar-refractivity contribution >= 4 is 5.91 Å². The zero-order valence-electron chi connectivity index (χ0n) is 10.5. The van der Waals surface area contributed by atoms with Crippen LogP contribution < -0.4 is 11.1 Å². The molecule has 5 nitrogen and oxygen atoms in total. The van der Waals surface area contributed by atoms with Crippen molar-refractivity contribution in [3.63, 3.8) is 0 Å². The van der Waals surface area contributed by atoms with Crippen molar-refractivity contribution in [3.05, 3.63) is 0 Å². The molecule has 0 aliphatic carbocycles. The monoisotopic (exact) mass is 241 g/mol. The van der Waals surface area contributed by atoms with Crippen LogP contribution in [0.15, 0.2) is 0 Å². The van der Waals surface area contributed by atoms with Gasteiger partial charge in [-0.1, -0.05) is 0 Å². The molecule has 3 atom stereocenters. The van der Waals surface area contributed by atoms with E-state index in [2.05, 4.69) is 17.1 Å². The van der Waals surface area contributed by atoms with Crippen molar-refractivity contribution < 1.29 is 9.53 Å². The first-order chi connectivity index (χ1) is 8.22. The molecule has 2 saturated heterocycles. The quantitative estimate of drug-likeness (QED) is 0.697. The lowest BCUT2D eigenvalue weighted by atomic mass is 10.0. The Hall–Kier alpha value is -0.650. The molecule has 0 aromatic heterocycles. The number of carbonyl (C=O) groups is 1. The topological polar surface area (TPSA) is 67.6 Å². The van der Waals surface area contributed by atoms with E-state index in [0.717, 1.165) is 32.4 Å². The van der Waals surface area contributed by atoms with Crippen molar-refractivity contribution in [2.24, 2.45) is 5.73 Å². The van der Waals surface area contributed by atoms with Gasteiger partial charge in [0, 0.05) is 25.7 Å². The predicted octanol–water partition coefficient (Wildman–Crippen LogP) is -0.297. The molecular weight excluding hydrogens is 218 g/mol. The number of carbonyl (C=O) groups excluding carboxylic acids is 1. The summed E-state index contributed by atoms with van der Waals surface area (Å²) in [5.41, 5.74) is 5.65. The van der Waals surface area contributed by atoms with Crippen LogP contribution in [0.1, 0.15) is 26.2 Å². The second-order valence-corrected chi connectivity index (χ2v) is 5.04. The number of nitrogens with one attached hydrogen (secondary N) is 1. The molecule has 17 heavy (non-hydrogen) atoms. The van der Waals surface area contributed by atoms with Gasteiger partial charge in [0.1, 0.15) is 0 Å². The van der Waals surface area contributed by atoms with E-state index in [9.17, 15) is 4.79 Å². The number of nitrogens with zero attached hydrogens (tertiary/aromatic N) is 1. The van der Waals surface area contributed by atoms with Gasteiger partial charge in [0.25, 0.3) is 0 Å². The number of amides is 1. The van der Waals surface area contributed by atoms with Crippen LogP contribution in [0.3, 0.4) is 0 Å². The van der Waals surface area contributed by atoms with Gasteiger partial charge < -0.3 is 15.8 Å². The lowest BCUT2D eigenvalue weighted by Crippen LogP contribution is -2.58. The SMILES string of the molecule is CC1COC(CN)CN1C1CCCCNC1=O. The van der Waals surface area contributed by atoms with Crippen molar-refractivity contribution in [2.45, 2.75) is 44.4 Å². The van der Waals surface area contributed by atoms with E-state index in [1.54, 1.807) is 0 Å². The highest BCUT2D eigenvalue weighted by atomic mass is 16.5. The molecule has 0 bridgehead atoms. The fraction of sp³-hybridized carbons (Fsp3) is 0.917. The van der Waals surface area contributed by atoms with E-state index in [1.165, 1.54) is 0 Å². The van der Waals surface area contributed by atoms with E-state index < -0.39 is 0 Å². The Balaban J connectivity index is 2.04. The highest BCUT2D eigenvalue weighted by Gasteiger charge is 2.34. The van der Waals surface area contributed by atoms with Crippen LogP contribution in [-0.4, -0.2) is 55.2 Å². The minimum Gasteiger partial charge on any atom is -0.374 e. The average molecular weight is 241 g/mol. The summed E-state index contributed by atoms with van der Waals surface area (Å²) >= 11 is 0. The van der Waals surface area contributed by atoms with Crippen LogP contribution >= 0.6 is 0 Å². The Labute approximate surface area is 103 Å². The lowest BCUT2D eigenvalue weighted by Gasteiger charge is -2.41. The molecule has 2 fully saturated rings. The largest absolute Gasteiger partial charge is 0.374 e. The van der Waals surface area contributed by atoms with Crippen molar-refractivity contribution in [2.75, 3.05) is 26.2 Å². The maximum atomic E-state index is 12.0. The summed E-state index contributed by atoms with van der Waals surface area (Å²) in [7, 11) is 0. The standard InChI is InChI=1S/C12H23N3O2/c1-9-8-17-10(6-13)7-15(9)11-4-2-3-5-14-12(11)16/h9-11H,2-8,13H2,1H3,(H,14,16). The fourth-order valence-electron chi connectivity index (χ4n) is 2.66. The van der Waals surface area contributed by atoms with Crippen LogP contribution in [0.4, 0.5) is 0 Å². The maximum absolute atomic E-state index is 12.0. The summed E-state index contributed by atoms with van der Waals surface area (Å²) in [5, 5.41) is 2.99. The first-order valence-corrected chi connectivity index (χ1v) is 6.57. The summed E-state index contributed by atoms with van der Waals surface area (Å²) in [6, 6.07) is 0.303. The highest BCUT2D eigenvalue weighted by Crippen LogP contribution is 2.19. The first kappa shape index (κ1) is 12.8. The third-order valence-corrected chi connectivity index (χ3v) is 3.72. The Morgan fingerprint density at radius 3 is 3.12 bits per heavy atom. The van der Waals surface area contributed by atoms with Crippen molar-refractivity contribution in [1.82, 2.24) is 10.2 Å². The molecule has 2 rings (SSSR count). The molecule has 2 aliphatic heterocycles. The lowest BCUT2D eigenvalue weighted by molar-refractivity contribution is -0.132. The van der Waals surface area contributed by atoms with Gasteiger partial charge in [0.15, 0.2) is 0 Å². The van der Waals surface area contributed by atoms with Gasteiger partial charge in [-0.05, 0) is 26.2 Å². The van der Waals surface area contributed by atoms with Crippen LogP contribution in [0.25, 0.3) is 0 Å². The average Bonchev–Trinajstić information content (AvgIpc) is 2.55. The smallest absolute Gasteiger partial charge is 0.237 e. The van der Waals surface area contributed by atoms with Gasteiger partial charge in [-0.3, -0.25) is 9.69 Å². The Morgan fingerprint density at radius 1 is 1.53 bits per heavy atom. The van der Waals surface area contributed by atoms with Crippen LogP contribution in [0.2, 0.25) is 0 Å². The van der Waals surface area contributed by atoms with Crippen molar-refractivity contribution in [3.8, 4) is 0 Å². The molecule has 2 aliphatic rings. The third-order valence-electron chi connectivity index (χ3n) is 3.72. The molecule has 1 amide bonds. The zero-order valence-corrected chi connectivity index (χ0v) is 10.5. The predicted molar refractivity (Wildman–Crippen MR) is 65.6 cm³/mol. The molecular formula is C12H23N3O2. The van der Waals surface area contributed by atoms with Gasteiger partial charge in [-0.15, -0.1) is 0 Å². The maximum Gasteiger partial charge on any atom is 0.237 e. The molecule has 3 unspecified atom stereocenters. The molecule has 2 heterocycles. The molecule has 5 heteroatoms. The van der Waals surface area contributed by atoms with Gasteiger partial charge in [0.2, 0.25) is 5.91 Å². The Bertz CT molecular complexity index is 272. The third kappa shape index (κ3) is 2.97. The summed E-state index contributed by atoms with van der Waals surface area (Å²) in [4.78, 5) is 14.3. The second kappa shape index (κ2) is 5.80. The van der Waals surface area contributed by atoms with E-state index in [0.29, 0.717) is 19.2 Å². The summed E-state index contributed by atoms with van der Waals surface area (Å²) in [5.74, 6) is 0.173. The van der Waals surface area contributed by atoms with Crippen LogP contribution in [-0.2, 0) is 9.53 Å². The van der Waals surface area contributed by atoms with E-state index in [-0.39, 0.29) is 18.1 Å². The number of morpholine rings is 1. The molecule has 0 aromatic carbocycles. The zero-order chi connectivity index (χ0) is 12.3. The van der Waals surface area contributed by atoms with Crippen LogP contribution in [0.5, 0.6) is 0 Å². The van der Waals surface area contributed by atoms with Gasteiger partial charge in [-0.2, -0.15) is 0 Å². The summed E-state index contributed by atoms with van der Waals surface area (Å²) < 4.78 is 5.63. The summed E-state index contributed by atoms with van der Waals surface area (Å²) in [6.45, 7) is 4.90. The van der Waals surface area contributed by atoms with E-state index >= 15 is 0 Å². The van der Waals surface area contributed by atoms with E-state index in [1.807, 2.05) is 0 Å². The van der Waals surface area contributed by atoms with Gasteiger partial charge in [0.05, 0.1) is 18.8 Å². The Morgan fingerprint density at radius 2 is 2.35 bits per heavy atom. The molecule has 0 radical (unpaired) electrons. The first-order valence-electron chi connectivity index (χ1n) is 6.57. The molecule has 98 valence electrons. The number of rotatable bonds is 2. The van der Waals surface area contributed by atoms with Crippen LogP contribution in [0, 0.1) is 0 Å². The number of ether oxygens (including phenoxy) is 1. The number of hydrogen-bond donors (Lipinski definition) is 2. The minimum absolute atomic E-state index is 0.00505. The van der Waals surface area contributed by atoms with Gasteiger partial charge in [-0.25, -0.2) is 0 Å². The Kier molecular flexibility index (Phi) is 4.36. The summed E-state index contributed by atoms with van der Waals surface area (Å²) in [6.07, 6.45) is 3.22. The molecule has 0 aromatic rings. The second-order valence-electron chi connectivity index (χ2n) is 5.04.